The van der Waals surface area contributed by atoms with Crippen LogP contribution in [0.1, 0.15) is 44.3 Å². The SMILES string of the molecule is COC(C=CC1C(O)CC(O)[C@@H]1CC=CCCCC(=O)O)CCc1ccco1. The molecule has 1 aromatic rings. The smallest absolute Gasteiger partial charge is 0.303 e. The van der Waals surface area contributed by atoms with Gasteiger partial charge in [0.25, 0.3) is 0 Å². The number of rotatable bonds is 12. The Kier molecular flexibility index (Phi) is 9.47. The molecule has 156 valence electrons. The van der Waals surface area contributed by atoms with Crippen LogP contribution in [-0.2, 0) is 16.0 Å². The van der Waals surface area contributed by atoms with Gasteiger partial charge in [0.15, 0.2) is 0 Å². The van der Waals surface area contributed by atoms with Crippen LogP contribution in [0.2, 0.25) is 0 Å². The highest BCUT2D eigenvalue weighted by Crippen LogP contribution is 2.36. The predicted molar refractivity (Wildman–Crippen MR) is 106 cm³/mol. The first kappa shape index (κ1) is 22.4. The molecule has 0 bridgehead atoms. The number of aliphatic carboxylic acids is 1. The standard InChI is InChI=1S/C22H32O6/c1-27-16(10-11-17-7-6-14-28-17)12-13-19-18(20(23)15-21(19)24)8-4-2-3-5-9-22(25)26/h2,4,6-7,12-14,16,18-21,23-24H,3,5,8-11,15H2,1H3,(H,25,26)/t16?,18-,19?,20?,21?/m1/s1. The second-order valence-electron chi connectivity index (χ2n) is 7.38. The van der Waals surface area contributed by atoms with Crippen molar-refractivity contribution in [3.05, 3.63) is 48.5 Å². The minimum absolute atomic E-state index is 0.0513. The summed E-state index contributed by atoms with van der Waals surface area (Å²) >= 11 is 0. The summed E-state index contributed by atoms with van der Waals surface area (Å²) in [5, 5.41) is 29.3. The molecule has 1 aliphatic carbocycles. The van der Waals surface area contributed by atoms with Crippen LogP contribution >= 0.6 is 0 Å². The molecule has 3 N–H and O–H groups in total. The lowest BCUT2D eigenvalue weighted by atomic mass is 9.89. The largest absolute Gasteiger partial charge is 0.481 e. The van der Waals surface area contributed by atoms with Crippen LogP contribution in [0.5, 0.6) is 0 Å². The zero-order chi connectivity index (χ0) is 20.4. The number of ether oxygens (including phenoxy) is 1. The highest BCUT2D eigenvalue weighted by Gasteiger charge is 2.39. The molecule has 4 unspecified atom stereocenters. The molecule has 1 heterocycles. The molecule has 0 radical (unpaired) electrons. The molecule has 0 spiro atoms. The van der Waals surface area contributed by atoms with Crippen molar-refractivity contribution in [3.63, 3.8) is 0 Å². The first-order valence-electron chi connectivity index (χ1n) is 9.97. The molecule has 6 nitrogen and oxygen atoms in total. The van der Waals surface area contributed by atoms with Crippen LogP contribution in [0.4, 0.5) is 0 Å². The minimum Gasteiger partial charge on any atom is -0.481 e. The van der Waals surface area contributed by atoms with E-state index in [2.05, 4.69) is 0 Å². The molecule has 1 aliphatic rings. The van der Waals surface area contributed by atoms with E-state index in [1.807, 2.05) is 36.4 Å². The molecule has 1 fully saturated rings. The van der Waals surface area contributed by atoms with Gasteiger partial charge in [0.2, 0.25) is 0 Å². The Balaban J connectivity index is 1.85. The van der Waals surface area contributed by atoms with Crippen LogP contribution in [0.15, 0.2) is 47.1 Å². The quantitative estimate of drug-likeness (QED) is 0.373. The molecule has 5 atom stereocenters. The summed E-state index contributed by atoms with van der Waals surface area (Å²) in [6.07, 6.45) is 12.4. The fraction of sp³-hybridized carbons (Fsp3) is 0.591. The highest BCUT2D eigenvalue weighted by atomic mass is 16.5. The molecule has 0 aromatic carbocycles. The molecule has 0 saturated heterocycles. The summed E-state index contributed by atoms with van der Waals surface area (Å²) in [7, 11) is 1.66. The summed E-state index contributed by atoms with van der Waals surface area (Å²) in [4.78, 5) is 10.5. The molecule has 1 saturated carbocycles. The van der Waals surface area contributed by atoms with Gasteiger partial charge in [0.1, 0.15) is 5.76 Å². The lowest BCUT2D eigenvalue weighted by Crippen LogP contribution is -2.20. The maximum atomic E-state index is 10.5. The van der Waals surface area contributed by atoms with Crippen molar-refractivity contribution in [3.8, 4) is 0 Å². The zero-order valence-electron chi connectivity index (χ0n) is 16.4. The van der Waals surface area contributed by atoms with E-state index in [0.29, 0.717) is 25.7 Å². The normalized spacial score (nSPS) is 26.4. The number of aryl methyl sites for hydroxylation is 1. The zero-order valence-corrected chi connectivity index (χ0v) is 16.4. The fourth-order valence-corrected chi connectivity index (χ4v) is 3.73. The number of methoxy groups -OCH3 is 1. The van der Waals surface area contributed by atoms with Gasteiger partial charge in [0.05, 0.1) is 24.6 Å². The molecule has 1 aromatic heterocycles. The van der Waals surface area contributed by atoms with Crippen LogP contribution in [-0.4, -0.2) is 46.7 Å². The Bertz CT molecular complexity index is 621. The lowest BCUT2D eigenvalue weighted by molar-refractivity contribution is -0.137. The second-order valence-corrected chi connectivity index (χ2v) is 7.38. The Morgan fingerprint density at radius 3 is 2.86 bits per heavy atom. The van der Waals surface area contributed by atoms with Gasteiger partial charge < -0.3 is 24.5 Å². The maximum Gasteiger partial charge on any atom is 0.303 e. The first-order valence-corrected chi connectivity index (χ1v) is 9.97. The topological polar surface area (TPSA) is 100 Å². The number of unbranched alkanes of at least 4 members (excludes halogenated alkanes) is 1. The highest BCUT2D eigenvalue weighted by molar-refractivity contribution is 5.66. The monoisotopic (exact) mass is 392 g/mol. The van der Waals surface area contributed by atoms with Gasteiger partial charge in [-0.05, 0) is 43.7 Å². The third-order valence-electron chi connectivity index (χ3n) is 5.36. The summed E-state index contributed by atoms with van der Waals surface area (Å²) in [6, 6.07) is 3.80. The summed E-state index contributed by atoms with van der Waals surface area (Å²) in [5.74, 6) is -0.0464. The van der Waals surface area contributed by atoms with Crippen molar-refractivity contribution in [2.24, 2.45) is 11.8 Å². The van der Waals surface area contributed by atoms with Crippen LogP contribution in [0.3, 0.4) is 0 Å². The van der Waals surface area contributed by atoms with Crippen molar-refractivity contribution in [2.75, 3.05) is 7.11 Å². The summed E-state index contributed by atoms with van der Waals surface area (Å²) in [5.41, 5.74) is 0. The number of aliphatic hydroxyl groups excluding tert-OH is 2. The molecule has 28 heavy (non-hydrogen) atoms. The summed E-state index contributed by atoms with van der Waals surface area (Å²) < 4.78 is 10.9. The van der Waals surface area contributed by atoms with E-state index in [0.717, 1.165) is 18.6 Å². The van der Waals surface area contributed by atoms with E-state index < -0.39 is 18.2 Å². The van der Waals surface area contributed by atoms with E-state index >= 15 is 0 Å². The van der Waals surface area contributed by atoms with Gasteiger partial charge in [-0.25, -0.2) is 0 Å². The first-order chi connectivity index (χ1) is 13.5. The van der Waals surface area contributed by atoms with Gasteiger partial charge in [-0.2, -0.15) is 0 Å². The maximum absolute atomic E-state index is 10.5. The third kappa shape index (κ3) is 7.26. The van der Waals surface area contributed by atoms with E-state index in [1.54, 1.807) is 13.4 Å². The number of allylic oxidation sites excluding steroid dienone is 2. The average molecular weight is 392 g/mol. The van der Waals surface area contributed by atoms with Crippen molar-refractivity contribution < 1.29 is 29.3 Å². The van der Waals surface area contributed by atoms with Gasteiger partial charge >= 0.3 is 5.97 Å². The van der Waals surface area contributed by atoms with Gasteiger partial charge in [-0.3, -0.25) is 4.79 Å². The number of hydrogen-bond donors (Lipinski definition) is 3. The average Bonchev–Trinajstić information content (AvgIpc) is 3.26. The Morgan fingerprint density at radius 2 is 2.18 bits per heavy atom. The number of carboxylic acid groups (broad SMARTS) is 1. The van der Waals surface area contributed by atoms with E-state index in [1.165, 1.54) is 0 Å². The number of carbonyl (C=O) groups is 1. The molecule has 0 aliphatic heterocycles. The van der Waals surface area contributed by atoms with Crippen LogP contribution in [0.25, 0.3) is 0 Å². The van der Waals surface area contributed by atoms with E-state index in [-0.39, 0.29) is 24.4 Å². The van der Waals surface area contributed by atoms with E-state index in [9.17, 15) is 15.0 Å². The Labute approximate surface area is 166 Å². The molecular formula is C22H32O6. The fourth-order valence-electron chi connectivity index (χ4n) is 3.73. The predicted octanol–water partition coefficient (Wildman–Crippen LogP) is 3.34. The Morgan fingerprint density at radius 1 is 1.36 bits per heavy atom. The van der Waals surface area contributed by atoms with Gasteiger partial charge in [-0.1, -0.05) is 24.3 Å². The van der Waals surface area contributed by atoms with Crippen molar-refractivity contribution in [2.45, 2.75) is 63.3 Å². The second kappa shape index (κ2) is 11.8. The van der Waals surface area contributed by atoms with Gasteiger partial charge in [0, 0.05) is 32.3 Å². The lowest BCUT2D eigenvalue weighted by Gasteiger charge is -2.20. The molecule has 2 rings (SSSR count). The number of furan rings is 1. The van der Waals surface area contributed by atoms with Crippen LogP contribution < -0.4 is 0 Å². The van der Waals surface area contributed by atoms with Crippen molar-refractivity contribution in [1.82, 2.24) is 0 Å². The summed E-state index contributed by atoms with van der Waals surface area (Å²) in [6.45, 7) is 0. The molecule has 0 amide bonds. The molecule has 6 heteroatoms. The number of carboxylic acids is 1. The third-order valence-corrected chi connectivity index (χ3v) is 5.36. The molecular weight excluding hydrogens is 360 g/mol. The van der Waals surface area contributed by atoms with Crippen LogP contribution in [0, 0.1) is 11.8 Å². The number of hydrogen-bond acceptors (Lipinski definition) is 5. The number of aliphatic hydroxyl groups is 2. The van der Waals surface area contributed by atoms with E-state index in [4.69, 9.17) is 14.3 Å². The van der Waals surface area contributed by atoms with Crippen molar-refractivity contribution in [1.29, 1.82) is 0 Å². The minimum atomic E-state index is -0.785. The Hall–Kier alpha value is -1.89. The van der Waals surface area contributed by atoms with Gasteiger partial charge in [-0.15, -0.1) is 0 Å². The van der Waals surface area contributed by atoms with Crippen molar-refractivity contribution >= 4 is 5.97 Å².